The van der Waals surface area contributed by atoms with Crippen LogP contribution in [0.2, 0.25) is 0 Å². The third-order valence-corrected chi connectivity index (χ3v) is 4.27. The summed E-state index contributed by atoms with van der Waals surface area (Å²) in [6.45, 7) is 0. The van der Waals surface area contributed by atoms with Gasteiger partial charge in [0.1, 0.15) is 17.1 Å². The number of rotatable bonds is 4. The molecule has 23 heavy (non-hydrogen) atoms. The molecule has 0 heterocycles. The summed E-state index contributed by atoms with van der Waals surface area (Å²) in [5.74, 6) is -0.353. The van der Waals surface area contributed by atoms with Gasteiger partial charge in [-0.1, -0.05) is 15.9 Å². The predicted molar refractivity (Wildman–Crippen MR) is 96.2 cm³/mol. The number of benzene rings is 2. The van der Waals surface area contributed by atoms with Crippen LogP contribution in [0.15, 0.2) is 40.9 Å². The molecule has 0 unspecified atom stereocenters. The Kier molecular flexibility index (Phi) is 6.00. The average Bonchev–Trinajstić information content (AvgIpc) is 2.55. The summed E-state index contributed by atoms with van der Waals surface area (Å²) in [4.78, 5) is 24.1. The number of hydrogen-bond acceptors (Lipinski definition) is 5. The number of carbonyl (C=O) groups is 2. The predicted octanol–water partition coefficient (Wildman–Crippen LogP) is 4.07. The summed E-state index contributed by atoms with van der Waals surface area (Å²) in [5, 5.41) is 0. The van der Waals surface area contributed by atoms with Gasteiger partial charge in [0.2, 0.25) is 0 Å². The van der Waals surface area contributed by atoms with Crippen LogP contribution < -0.4 is 9.47 Å². The molecule has 0 amide bonds. The summed E-state index contributed by atoms with van der Waals surface area (Å²) in [7, 11) is 2.82. The number of halogens is 2. The van der Waals surface area contributed by atoms with Crippen LogP contribution in [-0.2, 0) is 4.74 Å². The highest BCUT2D eigenvalue weighted by Crippen LogP contribution is 2.26. The SMILES string of the molecule is COC(=O)c1cc(Br)ccc1OC(=O)c1ccc(OC)c(I)c1. The van der Waals surface area contributed by atoms with Crippen molar-refractivity contribution in [2.24, 2.45) is 0 Å². The molecule has 0 radical (unpaired) electrons. The summed E-state index contributed by atoms with van der Waals surface area (Å²) in [6.07, 6.45) is 0. The van der Waals surface area contributed by atoms with E-state index in [4.69, 9.17) is 14.2 Å². The van der Waals surface area contributed by atoms with Crippen LogP contribution in [0.25, 0.3) is 0 Å². The number of esters is 2. The van der Waals surface area contributed by atoms with Gasteiger partial charge >= 0.3 is 11.9 Å². The minimum atomic E-state index is -0.585. The molecule has 0 atom stereocenters. The van der Waals surface area contributed by atoms with Crippen LogP contribution in [0.4, 0.5) is 0 Å². The zero-order chi connectivity index (χ0) is 17.0. The Bertz CT molecular complexity index is 760. The first-order chi connectivity index (χ1) is 11.0. The van der Waals surface area contributed by atoms with Crippen LogP contribution in [0, 0.1) is 3.57 Å². The molecule has 2 rings (SSSR count). The Hall–Kier alpha value is -1.61. The fourth-order valence-corrected chi connectivity index (χ4v) is 2.91. The Balaban J connectivity index is 2.30. The summed E-state index contributed by atoms with van der Waals surface area (Å²) in [5.41, 5.74) is 0.521. The molecular formula is C16H12BrIO5. The largest absolute Gasteiger partial charge is 0.496 e. The molecule has 0 N–H and O–H groups in total. The van der Waals surface area contributed by atoms with Gasteiger partial charge in [0, 0.05) is 4.47 Å². The van der Waals surface area contributed by atoms with Crippen molar-refractivity contribution in [2.45, 2.75) is 0 Å². The molecule has 0 saturated heterocycles. The number of ether oxygens (including phenoxy) is 3. The average molecular weight is 491 g/mol. The van der Waals surface area contributed by atoms with Gasteiger partial charge in [0.25, 0.3) is 0 Å². The van der Waals surface area contributed by atoms with Crippen molar-refractivity contribution in [1.82, 2.24) is 0 Å². The van der Waals surface area contributed by atoms with Crippen LogP contribution in [0.5, 0.6) is 11.5 Å². The second-order valence-electron chi connectivity index (χ2n) is 4.37. The molecule has 0 spiro atoms. The lowest BCUT2D eigenvalue weighted by Crippen LogP contribution is -2.12. The fourth-order valence-electron chi connectivity index (χ4n) is 1.81. The van der Waals surface area contributed by atoms with Gasteiger partial charge in [-0.05, 0) is 59.0 Å². The standard InChI is InChI=1S/C16H12BrIO5/c1-21-14-5-3-9(7-12(14)18)15(19)23-13-6-4-10(17)8-11(13)16(20)22-2/h3-8H,1-2H3. The van der Waals surface area contributed by atoms with Crippen LogP contribution in [0.1, 0.15) is 20.7 Å². The lowest BCUT2D eigenvalue weighted by atomic mass is 10.2. The number of methoxy groups -OCH3 is 2. The van der Waals surface area contributed by atoms with Gasteiger partial charge < -0.3 is 14.2 Å². The lowest BCUT2D eigenvalue weighted by molar-refractivity contribution is 0.0593. The second-order valence-corrected chi connectivity index (χ2v) is 6.45. The minimum Gasteiger partial charge on any atom is -0.496 e. The third kappa shape index (κ3) is 4.23. The Morgan fingerprint density at radius 2 is 1.70 bits per heavy atom. The van der Waals surface area contributed by atoms with E-state index in [-0.39, 0.29) is 11.3 Å². The van der Waals surface area contributed by atoms with Crippen molar-refractivity contribution >= 4 is 50.5 Å². The molecule has 0 aliphatic carbocycles. The minimum absolute atomic E-state index is 0.135. The van der Waals surface area contributed by atoms with E-state index in [1.807, 2.05) is 0 Å². The van der Waals surface area contributed by atoms with E-state index < -0.39 is 11.9 Å². The molecule has 0 saturated carbocycles. The topological polar surface area (TPSA) is 61.8 Å². The van der Waals surface area contributed by atoms with Crippen molar-refractivity contribution in [3.8, 4) is 11.5 Å². The van der Waals surface area contributed by atoms with E-state index in [9.17, 15) is 9.59 Å². The van der Waals surface area contributed by atoms with Gasteiger partial charge in [0.15, 0.2) is 0 Å². The molecule has 2 aromatic rings. The van der Waals surface area contributed by atoms with E-state index >= 15 is 0 Å². The smallest absolute Gasteiger partial charge is 0.343 e. The third-order valence-electron chi connectivity index (χ3n) is 2.94. The molecular weight excluding hydrogens is 479 g/mol. The van der Waals surface area contributed by atoms with E-state index in [1.54, 1.807) is 31.4 Å². The molecule has 120 valence electrons. The van der Waals surface area contributed by atoms with Gasteiger partial charge in [0.05, 0.1) is 23.4 Å². The van der Waals surface area contributed by atoms with E-state index in [2.05, 4.69) is 38.5 Å². The monoisotopic (exact) mass is 490 g/mol. The maximum absolute atomic E-state index is 12.3. The summed E-state index contributed by atoms with van der Waals surface area (Å²) in [6, 6.07) is 9.67. The van der Waals surface area contributed by atoms with Gasteiger partial charge in [-0.3, -0.25) is 0 Å². The van der Waals surface area contributed by atoms with Crippen molar-refractivity contribution < 1.29 is 23.8 Å². The quantitative estimate of drug-likeness (QED) is 0.367. The summed E-state index contributed by atoms with van der Waals surface area (Å²) < 4.78 is 16.6. The first kappa shape index (κ1) is 17.7. The van der Waals surface area contributed by atoms with E-state index in [1.165, 1.54) is 19.2 Å². The van der Waals surface area contributed by atoms with Crippen LogP contribution in [0.3, 0.4) is 0 Å². The molecule has 5 nitrogen and oxygen atoms in total. The molecule has 0 fully saturated rings. The van der Waals surface area contributed by atoms with Gasteiger partial charge in [-0.25, -0.2) is 9.59 Å². The Labute approximate surface area is 155 Å². The maximum atomic E-state index is 12.3. The van der Waals surface area contributed by atoms with E-state index in [0.717, 1.165) is 3.57 Å². The molecule has 0 bridgehead atoms. The highest BCUT2D eigenvalue weighted by atomic mass is 127. The van der Waals surface area contributed by atoms with Gasteiger partial charge in [-0.15, -0.1) is 0 Å². The van der Waals surface area contributed by atoms with Crippen molar-refractivity contribution in [2.75, 3.05) is 14.2 Å². The number of carbonyl (C=O) groups excluding carboxylic acids is 2. The molecule has 0 aliphatic rings. The maximum Gasteiger partial charge on any atom is 0.343 e. The first-order valence-electron chi connectivity index (χ1n) is 6.40. The summed E-state index contributed by atoms with van der Waals surface area (Å²) >= 11 is 5.33. The normalized spacial score (nSPS) is 10.1. The fraction of sp³-hybridized carbons (Fsp3) is 0.125. The molecule has 7 heteroatoms. The number of hydrogen-bond donors (Lipinski definition) is 0. The Morgan fingerprint density at radius 3 is 2.30 bits per heavy atom. The zero-order valence-corrected chi connectivity index (χ0v) is 16.0. The van der Waals surface area contributed by atoms with Crippen molar-refractivity contribution in [3.63, 3.8) is 0 Å². The second kappa shape index (κ2) is 7.78. The van der Waals surface area contributed by atoms with E-state index in [0.29, 0.717) is 15.8 Å². The van der Waals surface area contributed by atoms with Crippen molar-refractivity contribution in [1.29, 1.82) is 0 Å². The van der Waals surface area contributed by atoms with Crippen LogP contribution >= 0.6 is 38.5 Å². The zero-order valence-electron chi connectivity index (χ0n) is 12.3. The lowest BCUT2D eigenvalue weighted by Gasteiger charge is -2.10. The van der Waals surface area contributed by atoms with Crippen LogP contribution in [-0.4, -0.2) is 26.2 Å². The highest BCUT2D eigenvalue weighted by Gasteiger charge is 2.18. The molecule has 2 aromatic carbocycles. The molecule has 0 aliphatic heterocycles. The molecule has 0 aromatic heterocycles. The highest BCUT2D eigenvalue weighted by molar-refractivity contribution is 14.1. The van der Waals surface area contributed by atoms with Crippen molar-refractivity contribution in [3.05, 3.63) is 55.6 Å². The Morgan fingerprint density at radius 1 is 1.00 bits per heavy atom. The van der Waals surface area contributed by atoms with Gasteiger partial charge in [-0.2, -0.15) is 0 Å². The first-order valence-corrected chi connectivity index (χ1v) is 8.27.